The maximum absolute atomic E-state index is 11.9. The standard InChI is InChI=1S/C18H35N11OS/c1-31-3-2-14(15(23)30)24-16-25-17(28-6-10(19)4-11(20)7-28)27-18(26-16)29-8-12(21)5-13(22)9-29/h10-14H,2-9,19-22H2,1H3,(H2,23,30)(H,24,25,26,27)/t10-,11+,12-,13+,14?. The van der Waals surface area contributed by atoms with Gasteiger partial charge in [0.25, 0.3) is 0 Å². The second-order valence-corrected chi connectivity index (χ2v) is 9.45. The number of nitrogens with one attached hydrogen (secondary N) is 1. The number of piperidine rings is 2. The summed E-state index contributed by atoms with van der Waals surface area (Å²) in [6.07, 6.45) is 4.02. The maximum Gasteiger partial charge on any atom is 0.240 e. The minimum absolute atomic E-state index is 0.0721. The van der Waals surface area contributed by atoms with Gasteiger partial charge in [-0.3, -0.25) is 4.79 Å². The van der Waals surface area contributed by atoms with Crippen molar-refractivity contribution in [2.75, 3.05) is 53.3 Å². The fourth-order valence-electron chi connectivity index (χ4n) is 4.06. The van der Waals surface area contributed by atoms with Crippen LogP contribution in [-0.2, 0) is 4.79 Å². The molecule has 3 rings (SSSR count). The second kappa shape index (κ2) is 10.6. The highest BCUT2D eigenvalue weighted by atomic mass is 32.2. The van der Waals surface area contributed by atoms with Crippen LogP contribution in [0.3, 0.4) is 0 Å². The lowest BCUT2D eigenvalue weighted by molar-refractivity contribution is -0.118. The van der Waals surface area contributed by atoms with Crippen molar-refractivity contribution in [3.8, 4) is 0 Å². The van der Waals surface area contributed by atoms with Gasteiger partial charge in [-0.05, 0) is 31.3 Å². The van der Waals surface area contributed by atoms with Crippen LogP contribution in [0.4, 0.5) is 17.8 Å². The topological polar surface area (TPSA) is 204 Å². The molecule has 1 unspecified atom stereocenters. The number of carbonyl (C=O) groups is 1. The minimum atomic E-state index is -0.590. The number of primary amides is 1. The van der Waals surface area contributed by atoms with E-state index in [0.717, 1.165) is 18.6 Å². The van der Waals surface area contributed by atoms with Crippen LogP contribution >= 0.6 is 11.8 Å². The van der Waals surface area contributed by atoms with Crippen LogP contribution in [0.5, 0.6) is 0 Å². The maximum atomic E-state index is 11.9. The Morgan fingerprint density at radius 2 is 1.42 bits per heavy atom. The monoisotopic (exact) mass is 453 g/mol. The molecular formula is C18H35N11OS. The van der Waals surface area contributed by atoms with Gasteiger partial charge in [-0.15, -0.1) is 0 Å². The van der Waals surface area contributed by atoms with Gasteiger partial charge in [-0.2, -0.15) is 26.7 Å². The minimum Gasteiger partial charge on any atom is -0.368 e. The Kier molecular flexibility index (Phi) is 8.11. The third-order valence-electron chi connectivity index (χ3n) is 5.47. The van der Waals surface area contributed by atoms with Crippen LogP contribution in [0.15, 0.2) is 0 Å². The lowest BCUT2D eigenvalue weighted by Crippen LogP contribution is -2.54. The zero-order valence-corrected chi connectivity index (χ0v) is 18.8. The van der Waals surface area contributed by atoms with Gasteiger partial charge in [0.2, 0.25) is 23.8 Å². The first-order chi connectivity index (χ1) is 14.7. The van der Waals surface area contributed by atoms with Gasteiger partial charge in [-0.1, -0.05) is 0 Å². The molecule has 2 aliphatic heterocycles. The van der Waals surface area contributed by atoms with Gasteiger partial charge in [0, 0.05) is 50.3 Å². The van der Waals surface area contributed by atoms with Gasteiger partial charge in [0.15, 0.2) is 0 Å². The van der Waals surface area contributed by atoms with E-state index in [-0.39, 0.29) is 30.1 Å². The first-order valence-electron chi connectivity index (χ1n) is 10.6. The molecule has 31 heavy (non-hydrogen) atoms. The zero-order chi connectivity index (χ0) is 22.5. The van der Waals surface area contributed by atoms with Crippen LogP contribution in [0.2, 0.25) is 0 Å². The summed E-state index contributed by atoms with van der Waals surface area (Å²) in [4.78, 5) is 29.7. The average Bonchev–Trinajstić information content (AvgIpc) is 2.69. The molecule has 0 saturated carbocycles. The molecule has 13 heteroatoms. The predicted molar refractivity (Wildman–Crippen MR) is 125 cm³/mol. The van der Waals surface area contributed by atoms with Crippen molar-refractivity contribution < 1.29 is 4.79 Å². The van der Waals surface area contributed by atoms with E-state index in [9.17, 15) is 4.79 Å². The molecule has 0 spiro atoms. The molecule has 0 bridgehead atoms. The van der Waals surface area contributed by atoms with Crippen LogP contribution in [-0.4, -0.2) is 89.3 Å². The highest BCUT2D eigenvalue weighted by Gasteiger charge is 2.29. The quantitative estimate of drug-likeness (QED) is 0.244. The smallest absolute Gasteiger partial charge is 0.240 e. The van der Waals surface area contributed by atoms with Gasteiger partial charge in [0.05, 0.1) is 0 Å². The molecule has 1 aromatic rings. The Labute approximate surface area is 187 Å². The van der Waals surface area contributed by atoms with E-state index in [2.05, 4.69) is 20.3 Å². The van der Waals surface area contributed by atoms with E-state index >= 15 is 0 Å². The average molecular weight is 454 g/mol. The fraction of sp³-hybridized carbons (Fsp3) is 0.778. The first kappa shape index (κ1) is 23.7. The van der Waals surface area contributed by atoms with Crippen molar-refractivity contribution in [1.82, 2.24) is 15.0 Å². The summed E-state index contributed by atoms with van der Waals surface area (Å²) in [6.45, 7) is 2.34. The Bertz CT molecular complexity index is 689. The molecule has 2 fully saturated rings. The summed E-state index contributed by atoms with van der Waals surface area (Å²) in [6, 6.07) is -0.879. The van der Waals surface area contributed by atoms with Crippen LogP contribution in [0.1, 0.15) is 19.3 Å². The summed E-state index contributed by atoms with van der Waals surface area (Å²) in [5, 5.41) is 3.09. The summed E-state index contributed by atoms with van der Waals surface area (Å²) < 4.78 is 0. The third kappa shape index (κ3) is 6.53. The van der Waals surface area contributed by atoms with Crippen LogP contribution < -0.4 is 43.8 Å². The molecule has 0 aromatic carbocycles. The van der Waals surface area contributed by atoms with Crippen molar-refractivity contribution >= 4 is 35.5 Å². The molecule has 3 heterocycles. The molecule has 0 radical (unpaired) electrons. The number of amides is 1. The van der Waals surface area contributed by atoms with E-state index < -0.39 is 11.9 Å². The summed E-state index contributed by atoms with van der Waals surface area (Å²) in [5.41, 5.74) is 30.3. The number of anilines is 3. The van der Waals surface area contributed by atoms with Crippen LogP contribution in [0, 0.1) is 0 Å². The number of carbonyl (C=O) groups excluding carboxylic acids is 1. The van der Waals surface area contributed by atoms with E-state index in [1.54, 1.807) is 11.8 Å². The molecule has 5 atom stereocenters. The molecule has 1 aromatic heterocycles. The molecule has 174 valence electrons. The molecular weight excluding hydrogens is 418 g/mol. The number of nitrogens with zero attached hydrogens (tertiary/aromatic N) is 5. The normalized spacial score (nSPS) is 27.8. The van der Waals surface area contributed by atoms with Crippen molar-refractivity contribution in [2.24, 2.45) is 28.7 Å². The Morgan fingerprint density at radius 3 is 1.81 bits per heavy atom. The predicted octanol–water partition coefficient (Wildman–Crippen LogP) is -2.38. The van der Waals surface area contributed by atoms with E-state index in [0.29, 0.717) is 44.5 Å². The molecule has 11 N–H and O–H groups in total. The van der Waals surface area contributed by atoms with Crippen molar-refractivity contribution in [2.45, 2.75) is 49.5 Å². The largest absolute Gasteiger partial charge is 0.368 e. The Hall–Kier alpha value is -1.93. The second-order valence-electron chi connectivity index (χ2n) is 8.46. The number of nitrogens with two attached hydrogens (primary N) is 5. The lowest BCUT2D eigenvalue weighted by Gasteiger charge is -2.37. The molecule has 1 amide bonds. The highest BCUT2D eigenvalue weighted by Crippen LogP contribution is 2.22. The molecule has 12 nitrogen and oxygen atoms in total. The first-order valence-corrected chi connectivity index (χ1v) is 12.0. The van der Waals surface area contributed by atoms with Gasteiger partial charge in [-0.25, -0.2) is 0 Å². The molecule has 0 aliphatic carbocycles. The van der Waals surface area contributed by atoms with Gasteiger partial charge < -0.3 is 43.8 Å². The Morgan fingerprint density at radius 1 is 0.968 bits per heavy atom. The number of rotatable bonds is 8. The van der Waals surface area contributed by atoms with E-state index in [1.807, 2.05) is 16.1 Å². The van der Waals surface area contributed by atoms with Crippen molar-refractivity contribution in [1.29, 1.82) is 0 Å². The third-order valence-corrected chi connectivity index (χ3v) is 6.11. The van der Waals surface area contributed by atoms with Crippen molar-refractivity contribution in [3.63, 3.8) is 0 Å². The highest BCUT2D eigenvalue weighted by molar-refractivity contribution is 7.98. The SMILES string of the molecule is CSCCC(Nc1nc(N2C[C@H](N)C[C@H](N)C2)nc(N2C[C@H](N)C[C@H](N)C2)n1)C(N)=O. The number of aromatic nitrogens is 3. The van der Waals surface area contributed by atoms with Gasteiger partial charge in [0.1, 0.15) is 6.04 Å². The molecule has 2 aliphatic rings. The molecule has 2 saturated heterocycles. The summed E-state index contributed by atoms with van der Waals surface area (Å²) in [5.74, 6) is 1.52. The van der Waals surface area contributed by atoms with E-state index in [4.69, 9.17) is 28.7 Å². The number of thioether (sulfide) groups is 1. The number of hydrogen-bond donors (Lipinski definition) is 6. The lowest BCUT2D eigenvalue weighted by atomic mass is 10.0. The zero-order valence-electron chi connectivity index (χ0n) is 18.0. The van der Waals surface area contributed by atoms with Gasteiger partial charge >= 0.3 is 0 Å². The summed E-state index contributed by atoms with van der Waals surface area (Å²) >= 11 is 1.64. The van der Waals surface area contributed by atoms with Crippen LogP contribution in [0.25, 0.3) is 0 Å². The van der Waals surface area contributed by atoms with E-state index in [1.165, 1.54) is 0 Å². The number of hydrogen-bond acceptors (Lipinski definition) is 12. The Balaban J connectivity index is 1.92. The fourth-order valence-corrected chi connectivity index (χ4v) is 4.53. The van der Waals surface area contributed by atoms with Crippen molar-refractivity contribution in [3.05, 3.63) is 0 Å². The summed E-state index contributed by atoms with van der Waals surface area (Å²) in [7, 11) is 0.